The maximum Gasteiger partial charge on any atom is 0.119 e. The van der Waals surface area contributed by atoms with Crippen LogP contribution in [0.15, 0.2) is 48.5 Å². The van der Waals surface area contributed by atoms with Crippen molar-refractivity contribution in [3.8, 4) is 5.75 Å². The van der Waals surface area contributed by atoms with E-state index in [0.717, 1.165) is 11.4 Å². The Morgan fingerprint density at radius 2 is 1.72 bits per heavy atom. The minimum Gasteiger partial charge on any atom is -0.497 e. The summed E-state index contributed by atoms with van der Waals surface area (Å²) < 4.78 is 5.32. The van der Waals surface area contributed by atoms with Crippen LogP contribution in [-0.2, 0) is 0 Å². The Morgan fingerprint density at radius 3 is 2.50 bits per heavy atom. The number of ether oxygens (including phenoxy) is 1. The van der Waals surface area contributed by atoms with E-state index in [1.807, 2.05) is 13.1 Å². The van der Waals surface area contributed by atoms with E-state index in [-0.39, 0.29) is 0 Å². The summed E-state index contributed by atoms with van der Waals surface area (Å²) in [6.45, 7) is 0. The summed E-state index contributed by atoms with van der Waals surface area (Å²) >= 11 is 0. The van der Waals surface area contributed by atoms with Crippen LogP contribution in [0.1, 0.15) is 0 Å². The lowest BCUT2D eigenvalue weighted by Gasteiger charge is -2.11. The fraction of sp³-hybridized carbons (Fsp3) is 0.125. The van der Waals surface area contributed by atoms with Gasteiger partial charge in [-0.3, -0.25) is 0 Å². The van der Waals surface area contributed by atoms with Crippen molar-refractivity contribution in [2.24, 2.45) is 0 Å². The molecule has 0 radical (unpaired) electrons. The SMILES string of the molecule is CNc1cc2ccccc2c2cc(OC)ccc12. The minimum atomic E-state index is 0.890. The van der Waals surface area contributed by atoms with Gasteiger partial charge in [0.05, 0.1) is 7.11 Å². The first-order chi connectivity index (χ1) is 8.83. The fourth-order valence-corrected chi connectivity index (χ4v) is 2.42. The van der Waals surface area contributed by atoms with Crippen LogP contribution in [0.2, 0.25) is 0 Å². The largest absolute Gasteiger partial charge is 0.497 e. The number of anilines is 1. The van der Waals surface area contributed by atoms with Crippen LogP contribution in [0.3, 0.4) is 0 Å². The predicted molar refractivity (Wildman–Crippen MR) is 77.6 cm³/mol. The van der Waals surface area contributed by atoms with Gasteiger partial charge in [0.25, 0.3) is 0 Å². The Hall–Kier alpha value is -2.22. The standard InChI is InChI=1S/C16H15NO/c1-17-16-9-11-5-3-4-6-13(11)15-10-12(18-2)7-8-14(15)16/h3-10,17H,1-2H3. The van der Waals surface area contributed by atoms with Crippen molar-refractivity contribution in [1.29, 1.82) is 0 Å². The quantitative estimate of drug-likeness (QED) is 0.679. The van der Waals surface area contributed by atoms with E-state index in [0.29, 0.717) is 0 Å². The molecule has 0 aromatic heterocycles. The number of rotatable bonds is 2. The van der Waals surface area contributed by atoms with Gasteiger partial charge < -0.3 is 10.1 Å². The average Bonchev–Trinajstić information content (AvgIpc) is 2.45. The molecule has 2 nitrogen and oxygen atoms in total. The molecule has 0 spiro atoms. The molecule has 0 unspecified atom stereocenters. The lowest BCUT2D eigenvalue weighted by atomic mass is 10.00. The highest BCUT2D eigenvalue weighted by Crippen LogP contribution is 2.33. The number of nitrogens with one attached hydrogen (secondary N) is 1. The molecule has 0 aliphatic carbocycles. The number of hydrogen-bond donors (Lipinski definition) is 1. The lowest BCUT2D eigenvalue weighted by Crippen LogP contribution is -1.91. The highest BCUT2D eigenvalue weighted by atomic mass is 16.5. The molecule has 18 heavy (non-hydrogen) atoms. The predicted octanol–water partition coefficient (Wildman–Crippen LogP) is 4.04. The Bertz CT molecular complexity index is 719. The van der Waals surface area contributed by atoms with Gasteiger partial charge in [0.1, 0.15) is 5.75 Å². The Morgan fingerprint density at radius 1 is 0.889 bits per heavy atom. The molecular formula is C16H15NO. The van der Waals surface area contributed by atoms with Gasteiger partial charge in [-0.25, -0.2) is 0 Å². The number of hydrogen-bond acceptors (Lipinski definition) is 2. The molecule has 0 aliphatic rings. The van der Waals surface area contributed by atoms with Gasteiger partial charge in [-0.1, -0.05) is 24.3 Å². The molecule has 0 fully saturated rings. The van der Waals surface area contributed by atoms with Gasteiger partial charge in [0.2, 0.25) is 0 Å². The van der Waals surface area contributed by atoms with E-state index in [9.17, 15) is 0 Å². The normalized spacial score (nSPS) is 10.8. The molecule has 3 rings (SSSR count). The molecule has 0 aliphatic heterocycles. The zero-order valence-corrected chi connectivity index (χ0v) is 10.5. The maximum atomic E-state index is 5.32. The second kappa shape index (κ2) is 4.22. The molecule has 1 N–H and O–H groups in total. The van der Waals surface area contributed by atoms with E-state index >= 15 is 0 Å². The first kappa shape index (κ1) is 10.9. The molecule has 0 atom stereocenters. The second-order valence-corrected chi connectivity index (χ2v) is 4.31. The molecule has 2 heteroatoms. The molecule has 3 aromatic rings. The number of methoxy groups -OCH3 is 1. The van der Waals surface area contributed by atoms with E-state index in [2.05, 4.69) is 47.8 Å². The van der Waals surface area contributed by atoms with Crippen molar-refractivity contribution in [2.45, 2.75) is 0 Å². The van der Waals surface area contributed by atoms with Crippen LogP contribution in [0, 0.1) is 0 Å². The lowest BCUT2D eigenvalue weighted by molar-refractivity contribution is 0.415. The molecular weight excluding hydrogens is 222 g/mol. The van der Waals surface area contributed by atoms with E-state index in [1.54, 1.807) is 7.11 Å². The molecule has 3 aromatic carbocycles. The van der Waals surface area contributed by atoms with Gasteiger partial charge in [-0.2, -0.15) is 0 Å². The molecule has 90 valence electrons. The highest BCUT2D eigenvalue weighted by Gasteiger charge is 2.06. The van der Waals surface area contributed by atoms with Gasteiger partial charge in [-0.05, 0) is 40.4 Å². The van der Waals surface area contributed by atoms with Gasteiger partial charge >= 0.3 is 0 Å². The minimum absolute atomic E-state index is 0.890. The molecule has 0 bridgehead atoms. The summed E-state index contributed by atoms with van der Waals surface area (Å²) in [4.78, 5) is 0. The Kier molecular flexibility index (Phi) is 2.56. The maximum absolute atomic E-state index is 5.32. The van der Waals surface area contributed by atoms with Crippen molar-refractivity contribution >= 4 is 27.2 Å². The summed E-state index contributed by atoms with van der Waals surface area (Å²) in [5.41, 5.74) is 1.14. The third kappa shape index (κ3) is 1.58. The van der Waals surface area contributed by atoms with Crippen molar-refractivity contribution in [1.82, 2.24) is 0 Å². The Balaban J connectivity index is 2.49. The molecule has 0 amide bonds. The van der Waals surface area contributed by atoms with Crippen LogP contribution >= 0.6 is 0 Å². The van der Waals surface area contributed by atoms with Crippen molar-refractivity contribution < 1.29 is 4.74 Å². The van der Waals surface area contributed by atoms with Crippen LogP contribution in [0.4, 0.5) is 5.69 Å². The van der Waals surface area contributed by atoms with Crippen molar-refractivity contribution in [3.05, 3.63) is 48.5 Å². The third-order valence-electron chi connectivity index (χ3n) is 3.34. The van der Waals surface area contributed by atoms with Crippen molar-refractivity contribution in [2.75, 3.05) is 19.5 Å². The smallest absolute Gasteiger partial charge is 0.119 e. The first-order valence-electron chi connectivity index (χ1n) is 6.01. The molecule has 0 heterocycles. The van der Waals surface area contributed by atoms with Gasteiger partial charge in [0, 0.05) is 18.1 Å². The van der Waals surface area contributed by atoms with Crippen LogP contribution < -0.4 is 10.1 Å². The summed E-state index contributed by atoms with van der Waals surface area (Å²) in [6.07, 6.45) is 0. The summed E-state index contributed by atoms with van der Waals surface area (Å²) in [6, 6.07) is 16.8. The third-order valence-corrected chi connectivity index (χ3v) is 3.34. The van der Waals surface area contributed by atoms with Crippen LogP contribution in [0.5, 0.6) is 5.75 Å². The van der Waals surface area contributed by atoms with Crippen molar-refractivity contribution in [3.63, 3.8) is 0 Å². The van der Waals surface area contributed by atoms with Gasteiger partial charge in [0.15, 0.2) is 0 Å². The summed E-state index contributed by atoms with van der Waals surface area (Å²) in [5.74, 6) is 0.890. The molecule has 0 saturated carbocycles. The summed E-state index contributed by atoms with van der Waals surface area (Å²) in [7, 11) is 3.65. The topological polar surface area (TPSA) is 21.3 Å². The number of benzene rings is 3. The molecule has 0 saturated heterocycles. The zero-order chi connectivity index (χ0) is 12.5. The average molecular weight is 237 g/mol. The van der Waals surface area contributed by atoms with E-state index in [1.165, 1.54) is 21.5 Å². The zero-order valence-electron chi connectivity index (χ0n) is 10.5. The van der Waals surface area contributed by atoms with Crippen LogP contribution in [-0.4, -0.2) is 14.2 Å². The summed E-state index contributed by atoms with van der Waals surface area (Å²) in [5, 5.41) is 8.19. The highest BCUT2D eigenvalue weighted by molar-refractivity contribution is 6.13. The van der Waals surface area contributed by atoms with E-state index in [4.69, 9.17) is 4.74 Å². The monoisotopic (exact) mass is 237 g/mol. The Labute approximate surface area is 106 Å². The van der Waals surface area contributed by atoms with E-state index < -0.39 is 0 Å². The second-order valence-electron chi connectivity index (χ2n) is 4.31. The number of fused-ring (bicyclic) bond motifs is 3. The first-order valence-corrected chi connectivity index (χ1v) is 6.01. The van der Waals surface area contributed by atoms with Crippen LogP contribution in [0.25, 0.3) is 21.5 Å². The van der Waals surface area contributed by atoms with Gasteiger partial charge in [-0.15, -0.1) is 0 Å². The fourth-order valence-electron chi connectivity index (χ4n) is 2.42.